The van der Waals surface area contributed by atoms with Crippen molar-refractivity contribution in [1.82, 2.24) is 9.55 Å². The minimum Gasteiger partial charge on any atom is -0.351 e. The van der Waals surface area contributed by atoms with E-state index in [-0.39, 0.29) is 12.1 Å². The van der Waals surface area contributed by atoms with Gasteiger partial charge in [-0.1, -0.05) is 41.9 Å². The highest BCUT2D eigenvalue weighted by atomic mass is 35.5. The standard InChI is InChI=1S/C23H19ClN4O2/c1-15-22(29)27(21-9-5-3-7-19(21)26-15)14-16-6-2-4-8-20(16)28(23(25)30)18-12-10-17(24)11-13-18/h2-13H,14H2,1H3,(H2,25,30). The first-order chi connectivity index (χ1) is 14.5. The van der Waals surface area contributed by atoms with Gasteiger partial charge >= 0.3 is 6.03 Å². The van der Waals surface area contributed by atoms with Gasteiger partial charge in [-0.3, -0.25) is 9.69 Å². The third-order valence-corrected chi connectivity index (χ3v) is 5.13. The Morgan fingerprint density at radius 1 is 1.03 bits per heavy atom. The summed E-state index contributed by atoms with van der Waals surface area (Å²) in [6.07, 6.45) is 0. The third-order valence-electron chi connectivity index (χ3n) is 4.88. The van der Waals surface area contributed by atoms with Crippen LogP contribution in [0.4, 0.5) is 16.2 Å². The van der Waals surface area contributed by atoms with Crippen LogP contribution in [0, 0.1) is 6.92 Å². The van der Waals surface area contributed by atoms with Crippen LogP contribution in [0.3, 0.4) is 0 Å². The number of anilines is 2. The summed E-state index contributed by atoms with van der Waals surface area (Å²) < 4.78 is 1.66. The Morgan fingerprint density at radius 2 is 1.70 bits per heavy atom. The number of urea groups is 1. The molecule has 0 bridgehead atoms. The molecule has 0 atom stereocenters. The molecule has 3 aromatic carbocycles. The number of rotatable bonds is 4. The molecular formula is C23H19ClN4O2. The Labute approximate surface area is 178 Å². The molecule has 0 spiro atoms. The van der Waals surface area contributed by atoms with Crippen molar-refractivity contribution in [3.8, 4) is 0 Å². The fraction of sp³-hybridized carbons (Fsp3) is 0.0870. The molecule has 0 aliphatic heterocycles. The van der Waals surface area contributed by atoms with Crippen molar-refractivity contribution >= 4 is 40.0 Å². The van der Waals surface area contributed by atoms with Gasteiger partial charge in [0.15, 0.2) is 0 Å². The van der Waals surface area contributed by atoms with Gasteiger partial charge in [0.25, 0.3) is 5.56 Å². The molecule has 4 aromatic rings. The minimum absolute atomic E-state index is 0.180. The summed E-state index contributed by atoms with van der Waals surface area (Å²) in [6, 6.07) is 21.0. The highest BCUT2D eigenvalue weighted by molar-refractivity contribution is 6.30. The lowest BCUT2D eigenvalue weighted by Crippen LogP contribution is -2.33. The maximum absolute atomic E-state index is 12.9. The first-order valence-electron chi connectivity index (χ1n) is 9.35. The lowest BCUT2D eigenvalue weighted by molar-refractivity contribution is 0.256. The minimum atomic E-state index is -0.632. The molecule has 2 amide bonds. The largest absolute Gasteiger partial charge is 0.351 e. The quantitative estimate of drug-likeness (QED) is 0.524. The van der Waals surface area contributed by atoms with Gasteiger partial charge in [0.1, 0.15) is 5.69 Å². The summed E-state index contributed by atoms with van der Waals surface area (Å²) in [5, 5.41) is 0.557. The van der Waals surface area contributed by atoms with Crippen LogP contribution in [-0.2, 0) is 6.54 Å². The summed E-state index contributed by atoms with van der Waals surface area (Å²) in [5.74, 6) is 0. The predicted molar refractivity (Wildman–Crippen MR) is 119 cm³/mol. The van der Waals surface area contributed by atoms with Crippen molar-refractivity contribution in [1.29, 1.82) is 0 Å². The highest BCUT2D eigenvalue weighted by Gasteiger charge is 2.19. The normalized spacial score (nSPS) is 10.9. The topological polar surface area (TPSA) is 81.2 Å². The first-order valence-corrected chi connectivity index (χ1v) is 9.72. The number of benzene rings is 3. The van der Waals surface area contributed by atoms with Crippen LogP contribution in [0.1, 0.15) is 11.3 Å². The lowest BCUT2D eigenvalue weighted by Gasteiger charge is -2.24. The summed E-state index contributed by atoms with van der Waals surface area (Å²) in [4.78, 5) is 31.0. The lowest BCUT2D eigenvalue weighted by atomic mass is 10.1. The number of carbonyl (C=O) groups is 1. The number of nitrogens with zero attached hydrogens (tertiary/aromatic N) is 3. The van der Waals surface area contributed by atoms with Gasteiger partial charge in [0.05, 0.1) is 29.0 Å². The summed E-state index contributed by atoms with van der Waals surface area (Å²) >= 11 is 5.99. The Kier molecular flexibility index (Phi) is 5.25. The Hall–Kier alpha value is -3.64. The van der Waals surface area contributed by atoms with Gasteiger partial charge in [-0.05, 0) is 55.0 Å². The van der Waals surface area contributed by atoms with Crippen LogP contribution in [0.2, 0.25) is 5.02 Å². The second-order valence-electron chi connectivity index (χ2n) is 6.86. The number of aryl methyl sites for hydroxylation is 1. The molecule has 7 heteroatoms. The van der Waals surface area contributed by atoms with E-state index in [9.17, 15) is 9.59 Å². The Balaban J connectivity index is 1.86. The molecule has 2 N–H and O–H groups in total. The Bertz CT molecular complexity index is 1300. The molecular weight excluding hydrogens is 400 g/mol. The number of nitrogens with two attached hydrogens (primary N) is 1. The zero-order valence-corrected chi connectivity index (χ0v) is 17.0. The van der Waals surface area contributed by atoms with E-state index in [1.807, 2.05) is 42.5 Å². The van der Waals surface area contributed by atoms with Gasteiger partial charge in [-0.15, -0.1) is 0 Å². The smallest absolute Gasteiger partial charge is 0.323 e. The first kappa shape index (κ1) is 19.7. The van der Waals surface area contributed by atoms with Crippen LogP contribution in [0.5, 0.6) is 0 Å². The molecule has 1 aromatic heterocycles. The molecule has 0 unspecified atom stereocenters. The highest BCUT2D eigenvalue weighted by Crippen LogP contribution is 2.30. The summed E-state index contributed by atoms with van der Waals surface area (Å²) in [6.45, 7) is 1.96. The number of hydrogen-bond donors (Lipinski definition) is 1. The van der Waals surface area contributed by atoms with E-state index in [0.717, 1.165) is 16.6 Å². The molecule has 4 rings (SSSR count). The van der Waals surface area contributed by atoms with Crippen LogP contribution >= 0.6 is 11.6 Å². The summed E-state index contributed by atoms with van der Waals surface area (Å²) in [7, 11) is 0. The number of hydrogen-bond acceptors (Lipinski definition) is 3. The van der Waals surface area contributed by atoms with Crippen molar-refractivity contribution in [2.24, 2.45) is 5.73 Å². The van der Waals surface area contributed by atoms with Crippen LogP contribution in [0.15, 0.2) is 77.6 Å². The maximum atomic E-state index is 12.9. The number of halogens is 1. The van der Waals surface area contributed by atoms with Crippen molar-refractivity contribution in [2.45, 2.75) is 13.5 Å². The van der Waals surface area contributed by atoms with E-state index < -0.39 is 6.03 Å². The molecule has 0 aliphatic rings. The van der Waals surface area contributed by atoms with E-state index >= 15 is 0 Å². The van der Waals surface area contributed by atoms with E-state index in [4.69, 9.17) is 17.3 Å². The number of carbonyl (C=O) groups excluding carboxylic acids is 1. The number of aromatic nitrogens is 2. The van der Waals surface area contributed by atoms with Crippen molar-refractivity contribution < 1.29 is 4.79 Å². The van der Waals surface area contributed by atoms with Crippen LogP contribution in [-0.4, -0.2) is 15.6 Å². The zero-order valence-electron chi connectivity index (χ0n) is 16.2. The molecule has 0 saturated carbocycles. The van der Waals surface area contributed by atoms with Gasteiger partial charge in [-0.25, -0.2) is 9.78 Å². The average molecular weight is 419 g/mol. The fourth-order valence-electron chi connectivity index (χ4n) is 3.49. The van der Waals surface area contributed by atoms with Crippen molar-refractivity contribution in [2.75, 3.05) is 4.90 Å². The molecule has 0 saturated heterocycles. The zero-order chi connectivity index (χ0) is 21.3. The average Bonchev–Trinajstić information content (AvgIpc) is 2.74. The second-order valence-corrected chi connectivity index (χ2v) is 7.29. The van der Waals surface area contributed by atoms with Crippen molar-refractivity contribution in [3.63, 3.8) is 0 Å². The molecule has 1 heterocycles. The van der Waals surface area contributed by atoms with E-state index in [1.54, 1.807) is 41.8 Å². The fourth-order valence-corrected chi connectivity index (χ4v) is 3.61. The number of primary amides is 1. The van der Waals surface area contributed by atoms with E-state index in [1.165, 1.54) is 4.90 Å². The SMILES string of the molecule is Cc1nc2ccccc2n(Cc2ccccc2N(C(N)=O)c2ccc(Cl)cc2)c1=O. The second kappa shape index (κ2) is 8.00. The van der Waals surface area contributed by atoms with Gasteiger partial charge < -0.3 is 10.3 Å². The van der Waals surface area contributed by atoms with Gasteiger partial charge in [0.2, 0.25) is 0 Å². The van der Waals surface area contributed by atoms with Crippen LogP contribution < -0.4 is 16.2 Å². The van der Waals surface area contributed by atoms with Gasteiger partial charge in [0, 0.05) is 5.02 Å². The number of amides is 2. The van der Waals surface area contributed by atoms with E-state index in [0.29, 0.717) is 22.1 Å². The van der Waals surface area contributed by atoms with Crippen LogP contribution in [0.25, 0.3) is 11.0 Å². The van der Waals surface area contributed by atoms with Gasteiger partial charge in [-0.2, -0.15) is 0 Å². The molecule has 6 nitrogen and oxygen atoms in total. The predicted octanol–water partition coefficient (Wildman–Crippen LogP) is 4.62. The van der Waals surface area contributed by atoms with Crippen molar-refractivity contribution in [3.05, 3.63) is 99.4 Å². The molecule has 0 radical (unpaired) electrons. The number of para-hydroxylation sites is 3. The molecule has 0 fully saturated rings. The van der Waals surface area contributed by atoms with E-state index in [2.05, 4.69) is 4.98 Å². The summed E-state index contributed by atoms with van der Waals surface area (Å²) in [5.41, 5.74) is 9.36. The number of fused-ring (bicyclic) bond motifs is 1. The molecule has 30 heavy (non-hydrogen) atoms. The third kappa shape index (κ3) is 3.65. The molecule has 150 valence electrons. The maximum Gasteiger partial charge on any atom is 0.323 e. The Morgan fingerprint density at radius 3 is 2.43 bits per heavy atom. The monoisotopic (exact) mass is 418 g/mol. The molecule has 0 aliphatic carbocycles.